The first-order valence-electron chi connectivity index (χ1n) is 12.1. The molecule has 1 fully saturated rings. The summed E-state index contributed by atoms with van der Waals surface area (Å²) in [5.41, 5.74) is 11.7. The monoisotopic (exact) mass is 513 g/mol. The molecule has 2 aromatic heterocycles. The Morgan fingerprint density at radius 1 is 1.19 bits per heavy atom. The molecule has 4 aromatic rings. The van der Waals surface area contributed by atoms with E-state index in [2.05, 4.69) is 31.2 Å². The number of nitrogens with zero attached hydrogens (tertiary/aromatic N) is 5. The number of aryl methyl sites for hydroxylation is 2. The summed E-state index contributed by atoms with van der Waals surface area (Å²) in [6.07, 6.45) is 1.90. The molecule has 3 heterocycles. The van der Waals surface area contributed by atoms with Gasteiger partial charge in [-0.3, -0.25) is 9.69 Å². The van der Waals surface area contributed by atoms with Gasteiger partial charge in [-0.2, -0.15) is 15.2 Å². The van der Waals surface area contributed by atoms with Crippen molar-refractivity contribution < 1.29 is 9.53 Å². The molecule has 3 N–H and O–H groups in total. The maximum atomic E-state index is 11.3. The summed E-state index contributed by atoms with van der Waals surface area (Å²) in [6.45, 7) is 6.54. The lowest BCUT2D eigenvalue weighted by atomic mass is 10.0. The van der Waals surface area contributed by atoms with Crippen molar-refractivity contribution in [2.75, 3.05) is 18.4 Å². The van der Waals surface area contributed by atoms with Gasteiger partial charge in [0.15, 0.2) is 10.3 Å². The van der Waals surface area contributed by atoms with Crippen LogP contribution < -0.4 is 15.8 Å². The molecule has 0 atom stereocenters. The van der Waals surface area contributed by atoms with E-state index in [-0.39, 0.29) is 6.04 Å². The number of nitrogens with one attached hydrogen (secondary N) is 1. The Morgan fingerprint density at radius 3 is 2.54 bits per heavy atom. The fraction of sp³-hybridized carbons (Fsp3) is 0.296. The molecule has 1 aliphatic rings. The summed E-state index contributed by atoms with van der Waals surface area (Å²) in [7, 11) is 0. The van der Waals surface area contributed by atoms with Gasteiger partial charge in [0.2, 0.25) is 11.9 Å². The number of anilines is 1. The van der Waals surface area contributed by atoms with E-state index in [0.717, 1.165) is 54.0 Å². The van der Waals surface area contributed by atoms with Crippen LogP contribution >= 0.6 is 11.3 Å². The third kappa shape index (κ3) is 5.53. The van der Waals surface area contributed by atoms with Crippen molar-refractivity contribution in [1.29, 1.82) is 5.26 Å². The summed E-state index contributed by atoms with van der Waals surface area (Å²) < 4.78 is 6.25. The Bertz CT molecular complexity index is 1460. The van der Waals surface area contributed by atoms with E-state index < -0.39 is 5.91 Å². The van der Waals surface area contributed by atoms with Crippen LogP contribution in [0.5, 0.6) is 11.6 Å². The molecule has 5 rings (SSSR count). The predicted molar refractivity (Wildman–Crippen MR) is 143 cm³/mol. The quantitative estimate of drug-likeness (QED) is 0.368. The van der Waals surface area contributed by atoms with Crippen LogP contribution in [-0.2, 0) is 6.54 Å². The number of piperidine rings is 1. The number of amides is 1. The van der Waals surface area contributed by atoms with Gasteiger partial charge < -0.3 is 15.8 Å². The summed E-state index contributed by atoms with van der Waals surface area (Å²) in [4.78, 5) is 28.2. The fourth-order valence-electron chi connectivity index (χ4n) is 4.60. The lowest BCUT2D eigenvalue weighted by Gasteiger charge is -2.32. The standard InChI is InChI=1S/C27H27N7O2S/c1-16-11-19(13-28)12-17(2)23(16)36-25-22-26(37-15-30-22)33-27(32-25)31-21-7-9-34(10-8-21)14-18-3-5-20(6-4-18)24(29)35/h3-6,11-12,15,21H,7-10,14H2,1-2H3,(H2,29,35)(H,31,32,33). The van der Waals surface area contributed by atoms with Crippen molar-refractivity contribution in [1.82, 2.24) is 19.9 Å². The first-order chi connectivity index (χ1) is 17.9. The smallest absolute Gasteiger partial charge is 0.252 e. The zero-order chi connectivity index (χ0) is 25.9. The zero-order valence-electron chi connectivity index (χ0n) is 20.7. The number of rotatable bonds is 7. The van der Waals surface area contributed by atoms with Crippen molar-refractivity contribution in [3.63, 3.8) is 0 Å². The van der Waals surface area contributed by atoms with E-state index in [1.165, 1.54) is 11.3 Å². The molecule has 37 heavy (non-hydrogen) atoms. The van der Waals surface area contributed by atoms with Crippen molar-refractivity contribution in [3.05, 3.63) is 69.7 Å². The van der Waals surface area contributed by atoms with Crippen LogP contribution in [0.25, 0.3) is 10.3 Å². The number of aromatic nitrogens is 3. The van der Waals surface area contributed by atoms with E-state index in [4.69, 9.17) is 10.5 Å². The molecule has 2 aromatic carbocycles. The van der Waals surface area contributed by atoms with Crippen LogP contribution in [0.15, 0.2) is 41.9 Å². The van der Waals surface area contributed by atoms with Gasteiger partial charge in [-0.1, -0.05) is 12.1 Å². The van der Waals surface area contributed by atoms with Gasteiger partial charge in [-0.05, 0) is 67.6 Å². The number of benzene rings is 2. The van der Waals surface area contributed by atoms with Crippen LogP contribution in [0.2, 0.25) is 0 Å². The molecule has 0 aliphatic carbocycles. The average Bonchev–Trinajstić information content (AvgIpc) is 3.36. The van der Waals surface area contributed by atoms with E-state index in [1.54, 1.807) is 29.8 Å². The normalized spacial score (nSPS) is 14.4. The number of likely N-dealkylation sites (tertiary alicyclic amines) is 1. The number of carbonyl (C=O) groups is 1. The van der Waals surface area contributed by atoms with E-state index in [1.807, 2.05) is 26.0 Å². The van der Waals surface area contributed by atoms with Crippen LogP contribution in [0.1, 0.15) is 45.5 Å². The van der Waals surface area contributed by atoms with Crippen LogP contribution in [-0.4, -0.2) is 44.9 Å². The Kier molecular flexibility index (Phi) is 6.99. The third-order valence-corrected chi connectivity index (χ3v) is 7.24. The minimum absolute atomic E-state index is 0.241. The molecule has 0 radical (unpaired) electrons. The molecule has 188 valence electrons. The Labute approximate surface area is 218 Å². The van der Waals surface area contributed by atoms with Gasteiger partial charge >= 0.3 is 0 Å². The van der Waals surface area contributed by atoms with Crippen LogP contribution in [0.3, 0.4) is 0 Å². The van der Waals surface area contributed by atoms with Gasteiger partial charge in [-0.25, -0.2) is 4.98 Å². The molecule has 0 unspecified atom stereocenters. The molecule has 9 nitrogen and oxygen atoms in total. The number of carbonyl (C=O) groups excluding carboxylic acids is 1. The van der Waals surface area contributed by atoms with Gasteiger partial charge in [0, 0.05) is 31.2 Å². The maximum absolute atomic E-state index is 11.3. The van der Waals surface area contributed by atoms with Gasteiger partial charge in [0.05, 0.1) is 17.1 Å². The van der Waals surface area contributed by atoms with Crippen LogP contribution in [0.4, 0.5) is 5.95 Å². The first-order valence-corrected chi connectivity index (χ1v) is 13.0. The molecule has 1 saturated heterocycles. The summed E-state index contributed by atoms with van der Waals surface area (Å²) >= 11 is 1.44. The maximum Gasteiger partial charge on any atom is 0.252 e. The van der Waals surface area contributed by atoms with E-state index in [9.17, 15) is 10.1 Å². The molecule has 0 spiro atoms. The van der Waals surface area contributed by atoms with Crippen molar-refractivity contribution >= 4 is 33.5 Å². The molecule has 10 heteroatoms. The summed E-state index contributed by atoms with van der Waals surface area (Å²) in [5, 5.41) is 12.7. The third-order valence-electron chi connectivity index (χ3n) is 6.52. The van der Waals surface area contributed by atoms with E-state index in [0.29, 0.717) is 34.2 Å². The predicted octanol–water partition coefficient (Wildman–Crippen LogP) is 4.54. The van der Waals surface area contributed by atoms with Crippen molar-refractivity contribution in [3.8, 4) is 17.7 Å². The van der Waals surface area contributed by atoms with Crippen molar-refractivity contribution in [2.24, 2.45) is 5.73 Å². The highest BCUT2D eigenvalue weighted by Crippen LogP contribution is 2.34. The number of hydrogen-bond acceptors (Lipinski definition) is 9. The SMILES string of the molecule is Cc1cc(C#N)cc(C)c1Oc1nc(NC2CCN(Cc3ccc(C(N)=O)cc3)CC2)nc2scnc12. The first kappa shape index (κ1) is 24.6. The number of nitrogens with two attached hydrogens (primary N) is 1. The second-order valence-electron chi connectivity index (χ2n) is 9.27. The lowest BCUT2D eigenvalue weighted by Crippen LogP contribution is -2.39. The second kappa shape index (κ2) is 10.5. The molecule has 0 bridgehead atoms. The van der Waals surface area contributed by atoms with Crippen LogP contribution in [0, 0.1) is 25.2 Å². The topological polar surface area (TPSA) is 130 Å². The highest BCUT2D eigenvalue weighted by atomic mass is 32.1. The molecular formula is C27H27N7O2S. The second-order valence-corrected chi connectivity index (χ2v) is 10.1. The molecular weight excluding hydrogens is 486 g/mol. The lowest BCUT2D eigenvalue weighted by molar-refractivity contribution is 0.1000. The average molecular weight is 514 g/mol. The minimum Gasteiger partial charge on any atom is -0.436 e. The number of thiazole rings is 1. The zero-order valence-corrected chi connectivity index (χ0v) is 21.5. The summed E-state index contributed by atoms with van der Waals surface area (Å²) in [6, 6.07) is 13.5. The van der Waals surface area contributed by atoms with Gasteiger partial charge in [0.1, 0.15) is 5.75 Å². The fourth-order valence-corrected chi connectivity index (χ4v) is 5.24. The van der Waals surface area contributed by atoms with E-state index >= 15 is 0 Å². The number of fused-ring (bicyclic) bond motifs is 1. The number of ether oxygens (including phenoxy) is 1. The Morgan fingerprint density at radius 2 is 1.89 bits per heavy atom. The molecule has 0 saturated carbocycles. The minimum atomic E-state index is -0.409. The van der Waals surface area contributed by atoms with Gasteiger partial charge in [-0.15, -0.1) is 11.3 Å². The Balaban J connectivity index is 1.26. The number of primary amides is 1. The Hall–Kier alpha value is -4.07. The highest BCUT2D eigenvalue weighted by Gasteiger charge is 2.22. The highest BCUT2D eigenvalue weighted by molar-refractivity contribution is 7.16. The van der Waals surface area contributed by atoms with Crippen molar-refractivity contribution in [2.45, 2.75) is 39.3 Å². The largest absolute Gasteiger partial charge is 0.436 e. The molecule has 1 aliphatic heterocycles. The summed E-state index contributed by atoms with van der Waals surface area (Å²) in [5.74, 6) is 1.20. The van der Waals surface area contributed by atoms with Gasteiger partial charge in [0.25, 0.3) is 5.88 Å². The molecule has 1 amide bonds. The number of hydrogen-bond donors (Lipinski definition) is 2. The number of nitriles is 1.